The summed E-state index contributed by atoms with van der Waals surface area (Å²) in [4.78, 5) is 12.3. The number of carbonyl (C=O) groups excluding carboxylic acids is 1. The lowest BCUT2D eigenvalue weighted by atomic mass is 10.1. The number of rotatable bonds is 10. The van der Waals surface area contributed by atoms with E-state index >= 15 is 0 Å². The van der Waals surface area contributed by atoms with Crippen LogP contribution >= 0.6 is 0 Å². The first-order valence-corrected chi connectivity index (χ1v) is 11.2. The minimum atomic E-state index is -3.62. The van der Waals surface area contributed by atoms with Crippen LogP contribution in [-0.4, -0.2) is 46.9 Å². The third-order valence-corrected chi connectivity index (χ3v) is 5.44. The number of ether oxygens (including phenoxy) is 2. The van der Waals surface area contributed by atoms with Crippen LogP contribution in [0, 0.1) is 13.8 Å². The molecule has 0 spiro atoms. The van der Waals surface area contributed by atoms with Crippen LogP contribution in [-0.2, 0) is 14.8 Å². The fraction of sp³-hybridized carbons (Fsp3) is 0.381. The first kappa shape index (κ1) is 22.5. The van der Waals surface area contributed by atoms with Crippen molar-refractivity contribution in [3.8, 4) is 11.5 Å². The number of hydrogen-bond donors (Lipinski definition) is 1. The highest BCUT2D eigenvalue weighted by atomic mass is 32.2. The Balaban J connectivity index is 1.90. The fourth-order valence-corrected chi connectivity index (χ4v) is 3.48. The minimum absolute atomic E-state index is 0.270. The highest BCUT2D eigenvalue weighted by molar-refractivity contribution is 7.92. The second-order valence-electron chi connectivity index (χ2n) is 6.64. The molecule has 0 atom stereocenters. The van der Waals surface area contributed by atoms with Crippen LogP contribution in [0.25, 0.3) is 0 Å². The summed E-state index contributed by atoms with van der Waals surface area (Å²) in [7, 11) is -3.62. The highest BCUT2D eigenvalue weighted by Crippen LogP contribution is 2.21. The van der Waals surface area contributed by atoms with Crippen molar-refractivity contribution >= 4 is 21.6 Å². The Labute approximate surface area is 172 Å². The molecule has 0 aliphatic rings. The number of sulfonamides is 1. The smallest absolute Gasteiger partial charge is 0.240 e. The maximum Gasteiger partial charge on any atom is 0.240 e. The van der Waals surface area contributed by atoms with Gasteiger partial charge in [-0.2, -0.15) is 0 Å². The molecule has 0 aromatic heterocycles. The molecule has 158 valence electrons. The number of carbonyl (C=O) groups is 1. The van der Waals surface area contributed by atoms with Gasteiger partial charge in [0.1, 0.15) is 24.7 Å². The second-order valence-corrected chi connectivity index (χ2v) is 8.55. The molecule has 0 bridgehead atoms. The van der Waals surface area contributed by atoms with E-state index in [2.05, 4.69) is 5.32 Å². The molecule has 2 aromatic carbocycles. The topological polar surface area (TPSA) is 84.9 Å². The quantitative estimate of drug-likeness (QED) is 0.598. The van der Waals surface area contributed by atoms with Gasteiger partial charge in [0.05, 0.1) is 25.1 Å². The summed E-state index contributed by atoms with van der Waals surface area (Å²) >= 11 is 0. The molecule has 0 heterocycles. The summed E-state index contributed by atoms with van der Waals surface area (Å²) in [6, 6.07) is 12.4. The van der Waals surface area contributed by atoms with E-state index in [1.807, 2.05) is 39.0 Å². The first-order chi connectivity index (χ1) is 13.7. The largest absolute Gasteiger partial charge is 0.494 e. The third-order valence-electron chi connectivity index (χ3n) is 4.29. The maximum atomic E-state index is 12.3. The molecule has 0 aliphatic heterocycles. The van der Waals surface area contributed by atoms with E-state index in [0.29, 0.717) is 18.0 Å². The van der Waals surface area contributed by atoms with Crippen molar-refractivity contribution in [1.29, 1.82) is 0 Å². The Morgan fingerprint density at radius 1 is 1.00 bits per heavy atom. The maximum absolute atomic E-state index is 12.3. The van der Waals surface area contributed by atoms with Crippen LogP contribution in [0.5, 0.6) is 11.5 Å². The standard InChI is InChI=1S/C21H28N2O5S/c1-5-27-19-10-7-18(8-11-19)23(29(4,25)26)15-21(24)22-12-13-28-20-9-6-16(2)17(3)14-20/h6-11,14H,5,12-13,15H2,1-4H3,(H,22,24). The number of aryl methyl sites for hydroxylation is 2. The molecule has 2 rings (SSSR count). The molecule has 0 aliphatic carbocycles. The van der Waals surface area contributed by atoms with Crippen LogP contribution in [0.15, 0.2) is 42.5 Å². The van der Waals surface area contributed by atoms with E-state index in [0.717, 1.165) is 21.9 Å². The zero-order valence-electron chi connectivity index (χ0n) is 17.3. The number of anilines is 1. The molecule has 7 nitrogen and oxygen atoms in total. The number of nitrogens with zero attached hydrogens (tertiary/aromatic N) is 1. The molecular weight excluding hydrogens is 392 g/mol. The van der Waals surface area contributed by atoms with E-state index in [1.165, 1.54) is 5.56 Å². The van der Waals surface area contributed by atoms with Crippen LogP contribution in [0.3, 0.4) is 0 Å². The molecule has 0 saturated carbocycles. The average molecular weight is 421 g/mol. The normalized spacial score (nSPS) is 11.0. The minimum Gasteiger partial charge on any atom is -0.494 e. The molecule has 0 unspecified atom stereocenters. The Morgan fingerprint density at radius 3 is 2.24 bits per heavy atom. The second kappa shape index (κ2) is 10.2. The van der Waals surface area contributed by atoms with E-state index < -0.39 is 15.9 Å². The van der Waals surface area contributed by atoms with Gasteiger partial charge in [0.15, 0.2) is 0 Å². The molecule has 1 amide bonds. The van der Waals surface area contributed by atoms with Crippen LogP contribution in [0.4, 0.5) is 5.69 Å². The van der Waals surface area contributed by atoms with Crippen LogP contribution < -0.4 is 19.1 Å². The predicted octanol–water partition coefficient (Wildman–Crippen LogP) is 2.66. The molecule has 1 N–H and O–H groups in total. The predicted molar refractivity (Wildman–Crippen MR) is 114 cm³/mol. The molecule has 2 aromatic rings. The van der Waals surface area contributed by atoms with E-state index in [9.17, 15) is 13.2 Å². The van der Waals surface area contributed by atoms with Crippen LogP contribution in [0.2, 0.25) is 0 Å². The fourth-order valence-electron chi connectivity index (χ4n) is 2.62. The molecule has 0 saturated heterocycles. The van der Waals surface area contributed by atoms with Gasteiger partial charge < -0.3 is 14.8 Å². The lowest BCUT2D eigenvalue weighted by Gasteiger charge is -2.22. The van der Waals surface area contributed by atoms with Gasteiger partial charge in [0.2, 0.25) is 15.9 Å². The molecule has 0 fully saturated rings. The van der Waals surface area contributed by atoms with E-state index in [-0.39, 0.29) is 19.7 Å². The number of benzene rings is 2. The summed E-state index contributed by atoms with van der Waals surface area (Å²) in [6.07, 6.45) is 1.07. The summed E-state index contributed by atoms with van der Waals surface area (Å²) in [5, 5.41) is 2.69. The van der Waals surface area contributed by atoms with Gasteiger partial charge in [0, 0.05) is 0 Å². The van der Waals surface area contributed by atoms with Crippen molar-refractivity contribution in [2.24, 2.45) is 0 Å². The van der Waals surface area contributed by atoms with Crippen LogP contribution in [0.1, 0.15) is 18.1 Å². The van der Waals surface area contributed by atoms with E-state index in [1.54, 1.807) is 24.3 Å². The van der Waals surface area contributed by atoms with Gasteiger partial charge in [-0.3, -0.25) is 9.10 Å². The number of amides is 1. The number of nitrogens with one attached hydrogen (secondary N) is 1. The van der Waals surface area contributed by atoms with Crippen molar-refractivity contribution in [2.45, 2.75) is 20.8 Å². The van der Waals surface area contributed by atoms with Gasteiger partial charge in [-0.15, -0.1) is 0 Å². The Bertz CT molecular complexity index is 927. The summed E-state index contributed by atoms with van der Waals surface area (Å²) in [6.45, 7) is 6.66. The molecular formula is C21H28N2O5S. The van der Waals surface area contributed by atoms with Gasteiger partial charge in [-0.1, -0.05) is 6.07 Å². The monoisotopic (exact) mass is 420 g/mol. The zero-order valence-corrected chi connectivity index (χ0v) is 18.1. The van der Waals surface area contributed by atoms with Crippen molar-refractivity contribution in [3.05, 3.63) is 53.6 Å². The summed E-state index contributed by atoms with van der Waals surface area (Å²) in [5.41, 5.74) is 2.71. The zero-order chi connectivity index (χ0) is 21.4. The first-order valence-electron chi connectivity index (χ1n) is 9.38. The molecule has 0 radical (unpaired) electrons. The van der Waals surface area contributed by atoms with Gasteiger partial charge in [-0.25, -0.2) is 8.42 Å². The Kier molecular flexibility index (Phi) is 7.90. The average Bonchev–Trinajstić information content (AvgIpc) is 2.66. The van der Waals surface area contributed by atoms with E-state index in [4.69, 9.17) is 9.47 Å². The molecule has 8 heteroatoms. The summed E-state index contributed by atoms with van der Waals surface area (Å²) < 4.78 is 36.3. The Hall–Kier alpha value is -2.74. The van der Waals surface area contributed by atoms with Gasteiger partial charge in [-0.05, 0) is 68.3 Å². The van der Waals surface area contributed by atoms with Crippen molar-refractivity contribution in [1.82, 2.24) is 5.32 Å². The van der Waals surface area contributed by atoms with Crippen molar-refractivity contribution in [2.75, 3.05) is 36.9 Å². The molecule has 29 heavy (non-hydrogen) atoms. The third kappa shape index (κ3) is 6.98. The van der Waals surface area contributed by atoms with Crippen molar-refractivity contribution in [3.63, 3.8) is 0 Å². The van der Waals surface area contributed by atoms with Crippen molar-refractivity contribution < 1.29 is 22.7 Å². The van der Waals surface area contributed by atoms with Gasteiger partial charge in [0.25, 0.3) is 0 Å². The lowest BCUT2D eigenvalue weighted by molar-refractivity contribution is -0.119. The van der Waals surface area contributed by atoms with Gasteiger partial charge >= 0.3 is 0 Å². The SMILES string of the molecule is CCOc1ccc(N(CC(=O)NCCOc2ccc(C)c(C)c2)S(C)(=O)=O)cc1. The summed E-state index contributed by atoms with van der Waals surface area (Å²) in [5.74, 6) is 0.958. The highest BCUT2D eigenvalue weighted by Gasteiger charge is 2.20. The lowest BCUT2D eigenvalue weighted by Crippen LogP contribution is -2.41. The number of hydrogen-bond acceptors (Lipinski definition) is 5. The Morgan fingerprint density at radius 2 is 1.66 bits per heavy atom.